The zero-order valence-electron chi connectivity index (χ0n) is 19.7. The molecule has 0 aromatic heterocycles. The maximum Gasteiger partial charge on any atom is 0.470 e. The average molecular weight is 488 g/mol. The summed E-state index contributed by atoms with van der Waals surface area (Å²) in [4.78, 5) is 18.8. The van der Waals surface area contributed by atoms with E-state index in [4.69, 9.17) is 4.52 Å². The zero-order chi connectivity index (χ0) is 24.4. The summed E-state index contributed by atoms with van der Waals surface area (Å²) in [5, 5.41) is 1.68. The van der Waals surface area contributed by atoms with Crippen molar-refractivity contribution in [2.24, 2.45) is 0 Å². The van der Waals surface area contributed by atoms with Crippen molar-refractivity contribution in [3.05, 3.63) is 48.0 Å². The lowest BCUT2D eigenvalue weighted by atomic mass is 9.89. The lowest BCUT2D eigenvalue weighted by molar-refractivity contribution is 0.0380. The van der Waals surface area contributed by atoms with Gasteiger partial charge in [0.1, 0.15) is 0 Å². The highest BCUT2D eigenvalue weighted by molar-refractivity contribution is 7.89. The number of phosphoric acid groups is 1. The predicted molar refractivity (Wildman–Crippen MR) is 131 cm³/mol. The number of benzene rings is 2. The number of hydrogen-bond acceptors (Lipinski definition) is 4. The smallest absolute Gasteiger partial charge is 0.303 e. The van der Waals surface area contributed by atoms with Crippen molar-refractivity contribution >= 4 is 28.6 Å². The number of nitrogens with one attached hydrogen (secondary N) is 1. The molecule has 32 heavy (non-hydrogen) atoms. The Morgan fingerprint density at radius 1 is 1.00 bits per heavy atom. The fourth-order valence-corrected chi connectivity index (χ4v) is 5.77. The van der Waals surface area contributed by atoms with Crippen LogP contribution in [0.1, 0.15) is 78.3 Å². The summed E-state index contributed by atoms with van der Waals surface area (Å²) in [7, 11) is -8.56. The highest BCUT2D eigenvalue weighted by Crippen LogP contribution is 2.46. The van der Waals surface area contributed by atoms with E-state index < -0.39 is 29.5 Å². The predicted octanol–water partition coefficient (Wildman–Crippen LogP) is 5.68. The molecule has 0 aliphatic rings. The molecule has 182 valence electrons. The first-order valence-electron chi connectivity index (χ1n) is 11.2. The lowest BCUT2D eigenvalue weighted by Gasteiger charge is -2.35. The van der Waals surface area contributed by atoms with Gasteiger partial charge in [0.15, 0.2) is 0 Å². The molecule has 0 amide bonds. The van der Waals surface area contributed by atoms with Crippen molar-refractivity contribution in [2.75, 3.05) is 5.75 Å². The summed E-state index contributed by atoms with van der Waals surface area (Å²) in [6, 6.07) is 11.9. The van der Waals surface area contributed by atoms with E-state index in [1.165, 1.54) is 13.8 Å². The van der Waals surface area contributed by atoms with E-state index in [1.807, 2.05) is 44.2 Å². The molecule has 2 aromatic rings. The maximum atomic E-state index is 12.8. The molecule has 0 radical (unpaired) electrons. The number of fused-ring (bicyclic) bond motifs is 1. The van der Waals surface area contributed by atoms with Gasteiger partial charge in [-0.15, -0.1) is 0 Å². The van der Waals surface area contributed by atoms with Crippen LogP contribution in [0, 0.1) is 0 Å². The van der Waals surface area contributed by atoms with Crippen LogP contribution in [0.25, 0.3) is 10.8 Å². The van der Waals surface area contributed by atoms with Crippen LogP contribution in [0.15, 0.2) is 42.5 Å². The summed E-state index contributed by atoms with van der Waals surface area (Å²) >= 11 is 0. The molecule has 9 heteroatoms. The molecule has 0 fully saturated rings. The molecule has 2 aromatic carbocycles. The number of phosphoric ester groups is 1. The van der Waals surface area contributed by atoms with Crippen molar-refractivity contribution in [3.8, 4) is 0 Å². The second kappa shape index (κ2) is 12.8. The van der Waals surface area contributed by atoms with Gasteiger partial charge in [0.25, 0.3) is 0 Å². The minimum absolute atomic E-state index is 0.0516. The van der Waals surface area contributed by atoms with E-state index in [-0.39, 0.29) is 5.75 Å². The van der Waals surface area contributed by atoms with Crippen molar-refractivity contribution < 1.29 is 27.3 Å². The Hall–Kier alpha value is -1.28. The van der Waals surface area contributed by atoms with Gasteiger partial charge in [-0.1, -0.05) is 88.9 Å². The third kappa shape index (κ3) is 9.30. The van der Waals surface area contributed by atoms with Gasteiger partial charge < -0.3 is 9.79 Å². The molecule has 0 spiro atoms. The van der Waals surface area contributed by atoms with Crippen molar-refractivity contribution in [2.45, 2.75) is 78.4 Å². The van der Waals surface area contributed by atoms with Gasteiger partial charge in [0, 0.05) is 0 Å². The third-order valence-electron chi connectivity index (χ3n) is 5.00. The first kappa shape index (κ1) is 28.8. The average Bonchev–Trinajstić information content (AvgIpc) is 2.71. The van der Waals surface area contributed by atoms with Gasteiger partial charge >= 0.3 is 7.82 Å². The Bertz CT molecular complexity index is 982. The molecular weight excluding hydrogens is 449 g/mol. The monoisotopic (exact) mass is 487 g/mol. The van der Waals surface area contributed by atoms with Crippen LogP contribution in [-0.2, 0) is 19.1 Å². The fourth-order valence-electron chi connectivity index (χ4n) is 3.58. The third-order valence-corrected chi connectivity index (χ3v) is 7.13. The summed E-state index contributed by atoms with van der Waals surface area (Å²) < 4.78 is 44.9. The Morgan fingerprint density at radius 3 is 2.22 bits per heavy atom. The fraction of sp³-hybridized carbons (Fsp3) is 0.565. The van der Waals surface area contributed by atoms with Crippen LogP contribution in [-0.4, -0.2) is 29.6 Å². The van der Waals surface area contributed by atoms with E-state index in [1.54, 1.807) is 12.1 Å². The topological polar surface area (TPSA) is 113 Å². The SMILES string of the molecule is CC.CCCCCCCS(=O)(=O)NC(c1cccc2ccccc12)C(C)(C)OP(=O)(O)O. The molecule has 0 heterocycles. The number of hydrogen-bond donors (Lipinski definition) is 3. The number of unbranched alkanes of at least 4 members (excludes halogenated alkanes) is 4. The highest BCUT2D eigenvalue weighted by atomic mass is 32.2. The first-order valence-corrected chi connectivity index (χ1v) is 14.4. The second-order valence-electron chi connectivity index (χ2n) is 8.04. The quantitative estimate of drug-likeness (QED) is 0.262. The molecule has 0 saturated heterocycles. The summed E-state index contributed by atoms with van der Waals surface area (Å²) in [6.45, 7) is 9.04. The van der Waals surface area contributed by atoms with Gasteiger partial charge in [-0.05, 0) is 36.6 Å². The molecule has 1 unspecified atom stereocenters. The standard InChI is InChI=1S/C21H32NO6PS.C2H6/c1-4-5-6-7-10-16-30(26,27)22-20(21(2,3)28-29(23,24)25)19-15-11-13-17-12-8-9-14-18(17)19;1-2/h8-9,11-15,20,22H,4-7,10,16H2,1-3H3,(H2,23,24,25);1-2H3. The molecule has 0 aliphatic carbocycles. The summed E-state index contributed by atoms with van der Waals surface area (Å²) in [6.07, 6.45) is 4.45. The Kier molecular flexibility index (Phi) is 11.5. The van der Waals surface area contributed by atoms with Gasteiger partial charge in [-0.3, -0.25) is 4.52 Å². The highest BCUT2D eigenvalue weighted by Gasteiger charge is 2.40. The van der Waals surface area contributed by atoms with Gasteiger partial charge in [-0.25, -0.2) is 17.7 Å². The maximum absolute atomic E-state index is 12.8. The minimum atomic E-state index is -4.86. The van der Waals surface area contributed by atoms with E-state index in [0.29, 0.717) is 12.0 Å². The van der Waals surface area contributed by atoms with E-state index in [0.717, 1.165) is 36.5 Å². The van der Waals surface area contributed by atoms with Crippen LogP contribution in [0.2, 0.25) is 0 Å². The van der Waals surface area contributed by atoms with Crippen molar-refractivity contribution in [3.63, 3.8) is 0 Å². The molecule has 7 nitrogen and oxygen atoms in total. The van der Waals surface area contributed by atoms with E-state index >= 15 is 0 Å². The lowest BCUT2D eigenvalue weighted by Crippen LogP contribution is -2.44. The molecule has 0 bridgehead atoms. The van der Waals surface area contributed by atoms with Crippen LogP contribution in [0.3, 0.4) is 0 Å². The van der Waals surface area contributed by atoms with E-state index in [9.17, 15) is 22.8 Å². The summed E-state index contributed by atoms with van der Waals surface area (Å²) in [5.41, 5.74) is -0.903. The normalized spacial score (nSPS) is 13.5. The Morgan fingerprint density at radius 2 is 1.59 bits per heavy atom. The molecular formula is C23H38NO6PS. The number of rotatable bonds is 12. The van der Waals surface area contributed by atoms with Gasteiger partial charge in [0.2, 0.25) is 10.0 Å². The molecule has 1 atom stereocenters. The molecule has 0 saturated carbocycles. The zero-order valence-corrected chi connectivity index (χ0v) is 21.5. The first-order chi connectivity index (χ1) is 15.0. The Labute approximate surface area is 192 Å². The van der Waals surface area contributed by atoms with E-state index in [2.05, 4.69) is 11.6 Å². The van der Waals surface area contributed by atoms with Crippen LogP contribution < -0.4 is 4.72 Å². The van der Waals surface area contributed by atoms with Crippen molar-refractivity contribution in [1.29, 1.82) is 0 Å². The second-order valence-corrected chi connectivity index (χ2v) is 11.1. The van der Waals surface area contributed by atoms with Crippen LogP contribution in [0.4, 0.5) is 0 Å². The Balaban J connectivity index is 0.00000249. The number of sulfonamides is 1. The molecule has 2 rings (SSSR count). The van der Waals surface area contributed by atoms with Gasteiger partial charge in [-0.2, -0.15) is 0 Å². The largest absolute Gasteiger partial charge is 0.470 e. The van der Waals surface area contributed by atoms with Gasteiger partial charge in [0.05, 0.1) is 17.4 Å². The molecule has 3 N–H and O–H groups in total. The summed E-state index contributed by atoms with van der Waals surface area (Å²) in [5.74, 6) is -0.0516. The molecule has 0 aliphatic heterocycles. The van der Waals surface area contributed by atoms with Crippen LogP contribution >= 0.6 is 7.82 Å². The minimum Gasteiger partial charge on any atom is -0.303 e. The van der Waals surface area contributed by atoms with Crippen LogP contribution in [0.5, 0.6) is 0 Å². The van der Waals surface area contributed by atoms with Crippen molar-refractivity contribution in [1.82, 2.24) is 4.72 Å².